The molecule has 0 bridgehead atoms. The molecule has 0 amide bonds. The second kappa shape index (κ2) is 8.16. The average molecular weight is 263 g/mol. The fourth-order valence-corrected chi connectivity index (χ4v) is 2.11. The Morgan fingerprint density at radius 2 is 2.05 bits per heavy atom. The molecule has 0 saturated carbocycles. The Balaban J connectivity index is 2.60. The quantitative estimate of drug-likeness (QED) is 0.778. The lowest BCUT2D eigenvalue weighted by molar-refractivity contribution is 0.552. The number of pyridine rings is 1. The Labute approximate surface area is 118 Å². The van der Waals surface area contributed by atoms with E-state index in [1.165, 1.54) is 18.4 Å². The lowest BCUT2D eigenvalue weighted by Gasteiger charge is -2.26. The number of hydrogen-bond donors (Lipinski definition) is 1. The number of rotatable bonds is 8. The van der Waals surface area contributed by atoms with Gasteiger partial charge >= 0.3 is 0 Å². The molecule has 19 heavy (non-hydrogen) atoms. The standard InChI is InChI=1S/C16H29N3/c1-6-7-14(4)19(5)16-10-15(8-9-18-16)12-17-11-13(2)3/h8-10,13-14,17H,6-7,11-12H2,1-5H3. The van der Waals surface area contributed by atoms with Crippen molar-refractivity contribution >= 4 is 5.82 Å². The Kier molecular flexibility index (Phi) is 6.85. The minimum absolute atomic E-state index is 0.538. The molecule has 108 valence electrons. The maximum absolute atomic E-state index is 4.48. The van der Waals surface area contributed by atoms with Crippen LogP contribution in [0.5, 0.6) is 0 Å². The van der Waals surface area contributed by atoms with Crippen molar-refractivity contribution in [3.05, 3.63) is 23.9 Å². The van der Waals surface area contributed by atoms with Crippen LogP contribution in [-0.4, -0.2) is 24.6 Å². The highest BCUT2D eigenvalue weighted by Crippen LogP contribution is 2.16. The topological polar surface area (TPSA) is 28.2 Å². The predicted octanol–water partition coefficient (Wildman–Crippen LogP) is 3.45. The number of anilines is 1. The van der Waals surface area contributed by atoms with E-state index in [-0.39, 0.29) is 0 Å². The van der Waals surface area contributed by atoms with Crippen LogP contribution in [0.4, 0.5) is 5.82 Å². The summed E-state index contributed by atoms with van der Waals surface area (Å²) in [7, 11) is 2.13. The highest BCUT2D eigenvalue weighted by molar-refractivity contribution is 5.41. The second-order valence-electron chi connectivity index (χ2n) is 5.80. The van der Waals surface area contributed by atoms with Crippen LogP contribution in [0.1, 0.15) is 46.1 Å². The Morgan fingerprint density at radius 3 is 2.68 bits per heavy atom. The van der Waals surface area contributed by atoms with Gasteiger partial charge in [-0.2, -0.15) is 0 Å². The van der Waals surface area contributed by atoms with Gasteiger partial charge in [-0.05, 0) is 43.5 Å². The summed E-state index contributed by atoms with van der Waals surface area (Å²) < 4.78 is 0. The van der Waals surface area contributed by atoms with E-state index >= 15 is 0 Å². The van der Waals surface area contributed by atoms with Crippen molar-refractivity contribution in [2.45, 2.75) is 53.1 Å². The van der Waals surface area contributed by atoms with E-state index in [4.69, 9.17) is 0 Å². The van der Waals surface area contributed by atoms with Gasteiger partial charge < -0.3 is 10.2 Å². The van der Waals surface area contributed by atoms with Gasteiger partial charge in [0.1, 0.15) is 5.82 Å². The molecule has 0 spiro atoms. The number of nitrogens with one attached hydrogen (secondary N) is 1. The molecule has 1 atom stereocenters. The molecule has 0 fully saturated rings. The first-order valence-electron chi connectivity index (χ1n) is 7.43. The van der Waals surface area contributed by atoms with Crippen molar-refractivity contribution in [3.8, 4) is 0 Å². The van der Waals surface area contributed by atoms with Crippen molar-refractivity contribution in [1.82, 2.24) is 10.3 Å². The normalized spacial score (nSPS) is 12.7. The van der Waals surface area contributed by atoms with Crippen LogP contribution in [0.3, 0.4) is 0 Å². The second-order valence-corrected chi connectivity index (χ2v) is 5.80. The van der Waals surface area contributed by atoms with E-state index in [0.29, 0.717) is 12.0 Å². The van der Waals surface area contributed by atoms with E-state index in [1.807, 2.05) is 6.20 Å². The van der Waals surface area contributed by atoms with E-state index < -0.39 is 0 Å². The van der Waals surface area contributed by atoms with Crippen molar-refractivity contribution in [3.63, 3.8) is 0 Å². The summed E-state index contributed by atoms with van der Waals surface area (Å²) in [5.74, 6) is 1.76. The molecule has 1 aromatic rings. The zero-order valence-electron chi connectivity index (χ0n) is 13.1. The molecule has 3 heteroatoms. The monoisotopic (exact) mass is 263 g/mol. The highest BCUT2D eigenvalue weighted by Gasteiger charge is 2.10. The Hall–Kier alpha value is -1.09. The largest absolute Gasteiger partial charge is 0.357 e. The Morgan fingerprint density at radius 1 is 1.32 bits per heavy atom. The van der Waals surface area contributed by atoms with E-state index in [1.54, 1.807) is 0 Å². The van der Waals surface area contributed by atoms with Crippen LogP contribution in [0.2, 0.25) is 0 Å². The van der Waals surface area contributed by atoms with Crippen molar-refractivity contribution in [2.24, 2.45) is 5.92 Å². The minimum Gasteiger partial charge on any atom is -0.357 e. The summed E-state index contributed by atoms with van der Waals surface area (Å²) >= 11 is 0. The average Bonchev–Trinajstić information content (AvgIpc) is 2.38. The maximum Gasteiger partial charge on any atom is 0.128 e. The zero-order chi connectivity index (χ0) is 14.3. The third-order valence-corrected chi connectivity index (χ3v) is 3.42. The maximum atomic E-state index is 4.48. The van der Waals surface area contributed by atoms with Gasteiger partial charge in [-0.1, -0.05) is 27.2 Å². The molecule has 1 heterocycles. The van der Waals surface area contributed by atoms with Crippen molar-refractivity contribution in [1.29, 1.82) is 0 Å². The molecule has 1 aromatic heterocycles. The van der Waals surface area contributed by atoms with Gasteiger partial charge in [0.25, 0.3) is 0 Å². The predicted molar refractivity (Wildman–Crippen MR) is 83.6 cm³/mol. The molecule has 0 aromatic carbocycles. The summed E-state index contributed by atoms with van der Waals surface area (Å²) in [4.78, 5) is 6.76. The fraction of sp³-hybridized carbons (Fsp3) is 0.688. The zero-order valence-corrected chi connectivity index (χ0v) is 13.1. The SMILES string of the molecule is CCCC(C)N(C)c1cc(CNCC(C)C)ccn1. The summed E-state index contributed by atoms with van der Waals surface area (Å²) in [6.07, 6.45) is 4.33. The summed E-state index contributed by atoms with van der Waals surface area (Å²) in [5, 5.41) is 3.48. The van der Waals surface area contributed by atoms with Crippen LogP contribution in [0, 0.1) is 5.92 Å². The minimum atomic E-state index is 0.538. The van der Waals surface area contributed by atoms with E-state index in [0.717, 1.165) is 18.9 Å². The molecule has 1 N–H and O–H groups in total. The number of aromatic nitrogens is 1. The molecule has 0 aliphatic rings. The number of hydrogen-bond acceptors (Lipinski definition) is 3. The highest BCUT2D eigenvalue weighted by atomic mass is 15.2. The number of nitrogens with zero attached hydrogens (tertiary/aromatic N) is 2. The molecular weight excluding hydrogens is 234 g/mol. The van der Waals surface area contributed by atoms with Crippen LogP contribution in [-0.2, 0) is 6.54 Å². The fourth-order valence-electron chi connectivity index (χ4n) is 2.11. The third-order valence-electron chi connectivity index (χ3n) is 3.42. The van der Waals surface area contributed by atoms with Crippen LogP contribution >= 0.6 is 0 Å². The van der Waals surface area contributed by atoms with Crippen LogP contribution in [0.25, 0.3) is 0 Å². The lowest BCUT2D eigenvalue weighted by atomic mass is 10.1. The van der Waals surface area contributed by atoms with Crippen molar-refractivity contribution < 1.29 is 0 Å². The van der Waals surface area contributed by atoms with Gasteiger partial charge in [0.2, 0.25) is 0 Å². The Bertz CT molecular complexity index is 363. The van der Waals surface area contributed by atoms with Gasteiger partial charge in [0, 0.05) is 25.8 Å². The van der Waals surface area contributed by atoms with E-state index in [9.17, 15) is 0 Å². The van der Waals surface area contributed by atoms with Crippen LogP contribution < -0.4 is 10.2 Å². The summed E-state index contributed by atoms with van der Waals surface area (Å²) in [6.45, 7) is 10.9. The summed E-state index contributed by atoms with van der Waals surface area (Å²) in [5.41, 5.74) is 1.31. The molecular formula is C16H29N3. The van der Waals surface area contributed by atoms with Gasteiger partial charge in [0.15, 0.2) is 0 Å². The molecule has 0 saturated heterocycles. The molecule has 1 unspecified atom stereocenters. The first-order chi connectivity index (χ1) is 9.04. The van der Waals surface area contributed by atoms with Gasteiger partial charge in [-0.25, -0.2) is 4.98 Å². The molecule has 3 nitrogen and oxygen atoms in total. The van der Waals surface area contributed by atoms with E-state index in [2.05, 4.69) is 62.1 Å². The van der Waals surface area contributed by atoms with Gasteiger partial charge in [-0.15, -0.1) is 0 Å². The smallest absolute Gasteiger partial charge is 0.128 e. The summed E-state index contributed by atoms with van der Waals surface area (Å²) in [6, 6.07) is 4.82. The molecule has 0 aliphatic carbocycles. The molecule has 1 rings (SSSR count). The molecule has 0 aliphatic heterocycles. The first kappa shape index (κ1) is 16.0. The lowest BCUT2D eigenvalue weighted by Crippen LogP contribution is -2.29. The first-order valence-corrected chi connectivity index (χ1v) is 7.43. The van der Waals surface area contributed by atoms with Crippen molar-refractivity contribution in [2.75, 3.05) is 18.5 Å². The van der Waals surface area contributed by atoms with Crippen LogP contribution in [0.15, 0.2) is 18.3 Å². The third kappa shape index (κ3) is 5.60. The molecule has 0 radical (unpaired) electrons. The van der Waals surface area contributed by atoms with Gasteiger partial charge in [0.05, 0.1) is 0 Å². The van der Waals surface area contributed by atoms with Gasteiger partial charge in [-0.3, -0.25) is 0 Å².